The minimum atomic E-state index is -0.181. The number of nitrogens with zero attached hydrogens (tertiary/aromatic N) is 5. The molecule has 22 heavy (non-hydrogen) atoms. The van der Waals surface area contributed by atoms with Crippen LogP contribution in [-0.4, -0.2) is 38.4 Å². The van der Waals surface area contributed by atoms with Crippen molar-refractivity contribution in [1.82, 2.24) is 19.4 Å². The highest BCUT2D eigenvalue weighted by atomic mass is 32.1. The summed E-state index contributed by atoms with van der Waals surface area (Å²) in [5, 5.41) is 18.1. The lowest BCUT2D eigenvalue weighted by Gasteiger charge is -2.18. The van der Waals surface area contributed by atoms with Crippen LogP contribution in [-0.2, 0) is 17.8 Å². The van der Waals surface area contributed by atoms with Gasteiger partial charge in [0.1, 0.15) is 18.0 Å². The van der Waals surface area contributed by atoms with E-state index in [1.807, 2.05) is 10.6 Å². The molecule has 2 aromatic heterocycles. The fourth-order valence-electron chi connectivity index (χ4n) is 2.88. The normalized spacial score (nSPS) is 14.0. The lowest BCUT2D eigenvalue weighted by molar-refractivity contribution is -0.130. The molecule has 110 valence electrons. The van der Waals surface area contributed by atoms with Gasteiger partial charge in [0, 0.05) is 31.7 Å². The lowest BCUT2D eigenvalue weighted by atomic mass is 10.2. The van der Waals surface area contributed by atoms with Crippen LogP contribution in [0, 0.1) is 27.3 Å². The molecule has 0 atom stereocenters. The fourth-order valence-corrected chi connectivity index (χ4v) is 3.14. The molecule has 0 spiro atoms. The van der Waals surface area contributed by atoms with E-state index in [1.165, 1.54) is 6.33 Å². The Morgan fingerprint density at radius 3 is 2.95 bits per heavy atom. The number of nitriles is 2. The molecule has 1 aliphatic heterocycles. The molecule has 0 saturated carbocycles. The van der Waals surface area contributed by atoms with Gasteiger partial charge in [-0.2, -0.15) is 10.5 Å². The van der Waals surface area contributed by atoms with Gasteiger partial charge in [-0.1, -0.05) is 12.2 Å². The molecule has 8 heteroatoms. The molecule has 0 aromatic carbocycles. The Kier molecular flexibility index (Phi) is 3.61. The highest BCUT2D eigenvalue weighted by molar-refractivity contribution is 7.71. The first-order valence-electron chi connectivity index (χ1n) is 6.81. The van der Waals surface area contributed by atoms with Gasteiger partial charge in [-0.05, 0) is 0 Å². The van der Waals surface area contributed by atoms with Gasteiger partial charge >= 0.3 is 0 Å². The second kappa shape index (κ2) is 5.58. The summed E-state index contributed by atoms with van der Waals surface area (Å²) < 4.78 is 2.41. The summed E-state index contributed by atoms with van der Waals surface area (Å²) in [4.78, 5) is 20.6. The fraction of sp³-hybridized carbons (Fsp3) is 0.357. The van der Waals surface area contributed by atoms with Crippen molar-refractivity contribution >= 4 is 29.2 Å². The molecule has 0 fully saturated rings. The number of aromatic nitrogens is 3. The molecule has 0 aliphatic carbocycles. The molecule has 0 unspecified atom stereocenters. The maximum Gasteiger partial charge on any atom is 0.236 e. The number of H-pyrrole nitrogens is 1. The molecule has 3 rings (SSSR count). The topological polar surface area (TPSA) is 102 Å². The number of aromatic amines is 1. The Morgan fingerprint density at radius 1 is 1.41 bits per heavy atom. The number of rotatable bonds is 1. The smallest absolute Gasteiger partial charge is 0.236 e. The maximum atomic E-state index is 11.9. The van der Waals surface area contributed by atoms with Gasteiger partial charge in [0.15, 0.2) is 4.64 Å². The second-order valence-corrected chi connectivity index (χ2v) is 5.37. The Hall–Kier alpha value is -2.71. The van der Waals surface area contributed by atoms with Gasteiger partial charge in [0.25, 0.3) is 0 Å². The van der Waals surface area contributed by atoms with Gasteiger partial charge in [0.2, 0.25) is 5.91 Å². The first-order valence-corrected chi connectivity index (χ1v) is 7.21. The standard InChI is InChI=1S/C14H12N6OS/c15-3-1-11(21)19-4-2-10-9(7-16)12-13(20(10)6-5-19)14(22)18-8-17-12/h8H,1-2,4-6H2,(H,17,18,22). The Labute approximate surface area is 131 Å². The number of fused-ring (bicyclic) bond motifs is 3. The van der Waals surface area contributed by atoms with E-state index in [0.717, 1.165) is 11.2 Å². The molecule has 0 saturated heterocycles. The van der Waals surface area contributed by atoms with Crippen molar-refractivity contribution in [3.63, 3.8) is 0 Å². The third-order valence-corrected chi connectivity index (χ3v) is 4.17. The molecule has 7 nitrogen and oxygen atoms in total. The van der Waals surface area contributed by atoms with Crippen molar-refractivity contribution in [3.05, 3.63) is 22.2 Å². The number of carbonyl (C=O) groups is 1. The minimum Gasteiger partial charge on any atom is -0.343 e. The van der Waals surface area contributed by atoms with Crippen molar-refractivity contribution in [1.29, 1.82) is 10.5 Å². The molecule has 1 amide bonds. The Morgan fingerprint density at radius 2 is 2.23 bits per heavy atom. The summed E-state index contributed by atoms with van der Waals surface area (Å²) in [6, 6.07) is 4.10. The van der Waals surface area contributed by atoms with E-state index < -0.39 is 0 Å². The van der Waals surface area contributed by atoms with Crippen LogP contribution in [0.3, 0.4) is 0 Å². The molecule has 1 aliphatic rings. The van der Waals surface area contributed by atoms with Crippen LogP contribution in [0.1, 0.15) is 17.7 Å². The predicted octanol–water partition coefficient (Wildman–Crippen LogP) is 1.26. The van der Waals surface area contributed by atoms with Gasteiger partial charge in [-0.15, -0.1) is 0 Å². The summed E-state index contributed by atoms with van der Waals surface area (Å²) in [5.74, 6) is -0.181. The molecular formula is C14H12N6OS. The highest BCUT2D eigenvalue weighted by Crippen LogP contribution is 2.26. The third-order valence-electron chi connectivity index (χ3n) is 3.87. The van der Waals surface area contributed by atoms with E-state index >= 15 is 0 Å². The van der Waals surface area contributed by atoms with Crippen molar-refractivity contribution < 1.29 is 4.79 Å². The van der Waals surface area contributed by atoms with Crippen LogP contribution in [0.25, 0.3) is 11.0 Å². The zero-order valence-corrected chi connectivity index (χ0v) is 12.5. The Bertz CT molecular complexity index is 897. The summed E-state index contributed by atoms with van der Waals surface area (Å²) >= 11 is 5.28. The summed E-state index contributed by atoms with van der Waals surface area (Å²) in [7, 11) is 0. The number of hydrogen-bond donors (Lipinski definition) is 1. The highest BCUT2D eigenvalue weighted by Gasteiger charge is 2.24. The zero-order valence-electron chi connectivity index (χ0n) is 11.7. The van der Waals surface area contributed by atoms with Crippen LogP contribution >= 0.6 is 12.2 Å². The van der Waals surface area contributed by atoms with Crippen LogP contribution < -0.4 is 0 Å². The molecule has 1 N–H and O–H groups in total. The van der Waals surface area contributed by atoms with Crippen LogP contribution in [0.15, 0.2) is 6.33 Å². The summed E-state index contributed by atoms with van der Waals surface area (Å²) in [5.41, 5.74) is 2.85. The first kappa shape index (κ1) is 14.2. The van der Waals surface area contributed by atoms with Crippen molar-refractivity contribution in [2.45, 2.75) is 19.4 Å². The van der Waals surface area contributed by atoms with Gasteiger partial charge in [-0.25, -0.2) is 4.98 Å². The molecule has 2 aromatic rings. The van der Waals surface area contributed by atoms with Gasteiger partial charge in [0.05, 0.1) is 23.5 Å². The average molecular weight is 312 g/mol. The van der Waals surface area contributed by atoms with Gasteiger partial charge in [-0.3, -0.25) is 4.79 Å². The summed E-state index contributed by atoms with van der Waals surface area (Å²) in [6.45, 7) is 1.52. The van der Waals surface area contributed by atoms with Crippen molar-refractivity contribution in [2.75, 3.05) is 13.1 Å². The zero-order chi connectivity index (χ0) is 15.7. The third kappa shape index (κ3) is 2.14. The van der Waals surface area contributed by atoms with Crippen molar-refractivity contribution in [3.8, 4) is 12.1 Å². The molecule has 3 heterocycles. The van der Waals surface area contributed by atoms with E-state index in [-0.39, 0.29) is 12.3 Å². The monoisotopic (exact) mass is 312 g/mol. The van der Waals surface area contributed by atoms with E-state index in [9.17, 15) is 10.1 Å². The van der Waals surface area contributed by atoms with Crippen LogP contribution in [0.2, 0.25) is 0 Å². The molecular weight excluding hydrogens is 300 g/mol. The van der Waals surface area contributed by atoms with E-state index in [4.69, 9.17) is 17.5 Å². The van der Waals surface area contributed by atoms with Crippen LogP contribution in [0.4, 0.5) is 0 Å². The molecule has 0 radical (unpaired) electrons. The predicted molar refractivity (Wildman–Crippen MR) is 80.1 cm³/mol. The van der Waals surface area contributed by atoms with Crippen molar-refractivity contribution in [2.24, 2.45) is 0 Å². The lowest BCUT2D eigenvalue weighted by Crippen LogP contribution is -2.33. The summed E-state index contributed by atoms with van der Waals surface area (Å²) in [6.07, 6.45) is 1.92. The maximum absolute atomic E-state index is 11.9. The van der Waals surface area contributed by atoms with E-state index in [1.54, 1.807) is 4.90 Å². The SMILES string of the molecule is N#CCC(=O)N1CCc2c(C#N)c3[nH]cnc(=S)c3n2CC1. The van der Waals surface area contributed by atoms with Crippen LogP contribution in [0.5, 0.6) is 0 Å². The number of hydrogen-bond acceptors (Lipinski definition) is 5. The largest absolute Gasteiger partial charge is 0.343 e. The quantitative estimate of drug-likeness (QED) is 0.799. The number of carbonyl (C=O) groups excluding carboxylic acids is 1. The van der Waals surface area contributed by atoms with Gasteiger partial charge < -0.3 is 14.5 Å². The Balaban J connectivity index is 2.08. The molecule has 0 bridgehead atoms. The average Bonchev–Trinajstić information content (AvgIpc) is 2.66. The van der Waals surface area contributed by atoms with E-state index in [0.29, 0.717) is 41.8 Å². The number of nitrogens with one attached hydrogen (secondary N) is 1. The first-order chi connectivity index (χ1) is 10.7. The number of amides is 1. The van der Waals surface area contributed by atoms with E-state index in [2.05, 4.69) is 16.0 Å². The second-order valence-electron chi connectivity index (χ2n) is 4.98. The minimum absolute atomic E-state index is 0.123.